The molecule has 2 rings (SSSR count). The minimum atomic E-state index is 0.406. The summed E-state index contributed by atoms with van der Waals surface area (Å²) in [7, 11) is 1.73. The molecule has 1 aromatic heterocycles. The number of nitrogens with zero attached hydrogens (tertiary/aromatic N) is 5. The van der Waals surface area contributed by atoms with Crippen molar-refractivity contribution >= 4 is 5.82 Å². The van der Waals surface area contributed by atoms with Crippen LogP contribution in [0.25, 0.3) is 0 Å². The van der Waals surface area contributed by atoms with E-state index in [1.54, 1.807) is 7.11 Å². The third-order valence-corrected chi connectivity index (χ3v) is 4.20. The molecule has 1 aromatic rings. The van der Waals surface area contributed by atoms with E-state index in [1.165, 1.54) is 0 Å². The molecule has 0 spiro atoms. The number of methoxy groups -OCH3 is 1. The van der Waals surface area contributed by atoms with Crippen molar-refractivity contribution in [3.63, 3.8) is 0 Å². The van der Waals surface area contributed by atoms with E-state index in [0.717, 1.165) is 49.9 Å². The summed E-state index contributed by atoms with van der Waals surface area (Å²) in [6, 6.07) is 2.69. The minimum absolute atomic E-state index is 0.406. The first-order valence-electron chi connectivity index (χ1n) is 7.30. The fourth-order valence-corrected chi connectivity index (χ4v) is 2.68. The Morgan fingerprint density at radius 1 is 1.33 bits per heavy atom. The van der Waals surface area contributed by atoms with Gasteiger partial charge in [-0.05, 0) is 26.3 Å². The standard InChI is InChI=1S/C15H23N5O/c1-11-10-20(6-5-19(11)7-8-21-4)15-14(9-16)12(2)13(3)17-18-15/h11H,5-8,10H2,1-4H3/t11-/m0/s1. The van der Waals surface area contributed by atoms with Crippen molar-refractivity contribution in [3.05, 3.63) is 16.8 Å². The van der Waals surface area contributed by atoms with E-state index in [9.17, 15) is 5.26 Å². The Kier molecular flexibility index (Phi) is 5.10. The first kappa shape index (κ1) is 15.7. The fourth-order valence-electron chi connectivity index (χ4n) is 2.68. The molecule has 1 fully saturated rings. The largest absolute Gasteiger partial charge is 0.383 e. The topological polar surface area (TPSA) is 65.3 Å². The molecule has 1 aliphatic rings. The minimum Gasteiger partial charge on any atom is -0.383 e. The van der Waals surface area contributed by atoms with E-state index < -0.39 is 0 Å². The van der Waals surface area contributed by atoms with Crippen molar-refractivity contribution in [2.24, 2.45) is 0 Å². The summed E-state index contributed by atoms with van der Waals surface area (Å²) < 4.78 is 5.15. The van der Waals surface area contributed by atoms with Crippen molar-refractivity contribution in [1.29, 1.82) is 5.26 Å². The molecule has 0 N–H and O–H groups in total. The van der Waals surface area contributed by atoms with Gasteiger partial charge in [-0.15, -0.1) is 5.10 Å². The molecule has 6 nitrogen and oxygen atoms in total. The fraction of sp³-hybridized carbons (Fsp3) is 0.667. The van der Waals surface area contributed by atoms with Crippen LogP contribution in [0.3, 0.4) is 0 Å². The number of piperazine rings is 1. The van der Waals surface area contributed by atoms with Gasteiger partial charge in [-0.25, -0.2) is 0 Å². The maximum absolute atomic E-state index is 9.42. The first-order chi connectivity index (χ1) is 10.1. The molecule has 1 atom stereocenters. The number of nitriles is 1. The van der Waals surface area contributed by atoms with Crippen LogP contribution < -0.4 is 4.90 Å². The van der Waals surface area contributed by atoms with E-state index in [2.05, 4.69) is 33.0 Å². The van der Waals surface area contributed by atoms with Gasteiger partial charge < -0.3 is 9.64 Å². The maximum Gasteiger partial charge on any atom is 0.169 e. The molecule has 6 heteroatoms. The molecule has 2 heterocycles. The normalized spacial score (nSPS) is 19.6. The van der Waals surface area contributed by atoms with Crippen LogP contribution in [0.5, 0.6) is 0 Å². The van der Waals surface area contributed by atoms with E-state index in [4.69, 9.17) is 4.74 Å². The molecule has 0 aromatic carbocycles. The van der Waals surface area contributed by atoms with E-state index in [-0.39, 0.29) is 0 Å². The molecule has 1 aliphatic heterocycles. The number of hydrogen-bond acceptors (Lipinski definition) is 6. The summed E-state index contributed by atoms with van der Waals surface area (Å²) >= 11 is 0. The summed E-state index contributed by atoms with van der Waals surface area (Å²) in [6.45, 7) is 10.4. The predicted octanol–water partition coefficient (Wildman–Crippen LogP) is 1.12. The zero-order valence-electron chi connectivity index (χ0n) is 13.3. The smallest absolute Gasteiger partial charge is 0.169 e. The van der Waals surface area contributed by atoms with Crippen LogP contribution >= 0.6 is 0 Å². The van der Waals surface area contributed by atoms with E-state index >= 15 is 0 Å². The quantitative estimate of drug-likeness (QED) is 0.827. The van der Waals surface area contributed by atoms with Crippen molar-refractivity contribution < 1.29 is 4.74 Å². The highest BCUT2D eigenvalue weighted by Gasteiger charge is 2.26. The van der Waals surface area contributed by atoms with Gasteiger partial charge in [0.25, 0.3) is 0 Å². The SMILES string of the molecule is COCCN1CCN(c2nnc(C)c(C)c2C#N)C[C@@H]1C. The Labute approximate surface area is 126 Å². The van der Waals surface area contributed by atoms with Gasteiger partial charge in [0, 0.05) is 39.3 Å². The monoisotopic (exact) mass is 289 g/mol. The summed E-state index contributed by atoms with van der Waals surface area (Å²) in [6.07, 6.45) is 0. The van der Waals surface area contributed by atoms with Gasteiger partial charge in [0.15, 0.2) is 5.82 Å². The summed E-state index contributed by atoms with van der Waals surface area (Å²) in [5.74, 6) is 0.721. The van der Waals surface area contributed by atoms with Crippen LogP contribution in [0.15, 0.2) is 0 Å². The highest BCUT2D eigenvalue weighted by Crippen LogP contribution is 2.23. The van der Waals surface area contributed by atoms with Crippen LogP contribution in [0.1, 0.15) is 23.7 Å². The lowest BCUT2D eigenvalue weighted by molar-refractivity contribution is 0.117. The second-order valence-corrected chi connectivity index (χ2v) is 5.54. The number of aromatic nitrogens is 2. The van der Waals surface area contributed by atoms with Gasteiger partial charge in [0.1, 0.15) is 11.6 Å². The van der Waals surface area contributed by atoms with E-state index in [0.29, 0.717) is 11.6 Å². The lowest BCUT2D eigenvalue weighted by Crippen LogP contribution is -2.53. The van der Waals surface area contributed by atoms with Gasteiger partial charge in [0.2, 0.25) is 0 Å². The molecule has 0 aliphatic carbocycles. The average Bonchev–Trinajstić information content (AvgIpc) is 2.48. The van der Waals surface area contributed by atoms with Crippen molar-refractivity contribution in [2.45, 2.75) is 26.8 Å². The van der Waals surface area contributed by atoms with Crippen LogP contribution in [0, 0.1) is 25.2 Å². The van der Waals surface area contributed by atoms with Gasteiger partial charge in [-0.1, -0.05) is 0 Å². The second-order valence-electron chi connectivity index (χ2n) is 5.54. The number of rotatable bonds is 4. The highest BCUT2D eigenvalue weighted by atomic mass is 16.5. The second kappa shape index (κ2) is 6.83. The van der Waals surface area contributed by atoms with Gasteiger partial charge in [-0.2, -0.15) is 10.4 Å². The van der Waals surface area contributed by atoms with Crippen LogP contribution in [0.4, 0.5) is 5.82 Å². The van der Waals surface area contributed by atoms with E-state index in [1.807, 2.05) is 13.8 Å². The molecule has 21 heavy (non-hydrogen) atoms. The van der Waals surface area contributed by atoms with Crippen molar-refractivity contribution in [2.75, 3.05) is 44.8 Å². The molecule has 1 saturated heterocycles. The average molecular weight is 289 g/mol. The molecule has 0 saturated carbocycles. The van der Waals surface area contributed by atoms with Gasteiger partial charge in [-0.3, -0.25) is 4.90 Å². The molecule has 114 valence electrons. The summed E-state index contributed by atoms with van der Waals surface area (Å²) in [4.78, 5) is 4.58. The van der Waals surface area contributed by atoms with Crippen LogP contribution in [-0.2, 0) is 4.74 Å². The number of aryl methyl sites for hydroxylation is 1. The number of hydrogen-bond donors (Lipinski definition) is 0. The van der Waals surface area contributed by atoms with Crippen molar-refractivity contribution in [1.82, 2.24) is 15.1 Å². The zero-order valence-corrected chi connectivity index (χ0v) is 13.3. The van der Waals surface area contributed by atoms with Crippen molar-refractivity contribution in [3.8, 4) is 6.07 Å². The van der Waals surface area contributed by atoms with Gasteiger partial charge >= 0.3 is 0 Å². The molecular weight excluding hydrogens is 266 g/mol. The number of ether oxygens (including phenoxy) is 1. The van der Waals surface area contributed by atoms with Crippen LogP contribution in [-0.4, -0.2) is 61.0 Å². The molecule has 0 bridgehead atoms. The number of anilines is 1. The Morgan fingerprint density at radius 2 is 2.10 bits per heavy atom. The molecule has 0 amide bonds. The Balaban J connectivity index is 2.15. The van der Waals surface area contributed by atoms with Gasteiger partial charge in [0.05, 0.1) is 12.3 Å². The zero-order chi connectivity index (χ0) is 15.4. The highest BCUT2D eigenvalue weighted by molar-refractivity contribution is 5.57. The third-order valence-electron chi connectivity index (χ3n) is 4.20. The first-order valence-corrected chi connectivity index (χ1v) is 7.30. The lowest BCUT2D eigenvalue weighted by Gasteiger charge is -2.40. The molecular formula is C15H23N5O. The predicted molar refractivity (Wildman–Crippen MR) is 81.3 cm³/mol. The van der Waals surface area contributed by atoms with Crippen LogP contribution in [0.2, 0.25) is 0 Å². The Bertz CT molecular complexity index is 540. The third kappa shape index (κ3) is 3.31. The molecule has 0 unspecified atom stereocenters. The Morgan fingerprint density at radius 3 is 2.71 bits per heavy atom. The summed E-state index contributed by atoms with van der Waals surface area (Å²) in [5.41, 5.74) is 2.40. The maximum atomic E-state index is 9.42. The lowest BCUT2D eigenvalue weighted by atomic mass is 10.1. The molecule has 0 radical (unpaired) electrons. The summed E-state index contributed by atoms with van der Waals surface area (Å²) in [5, 5.41) is 17.9. The Hall–Kier alpha value is -1.71.